The zero-order chi connectivity index (χ0) is 26.8. The quantitative estimate of drug-likeness (QED) is 0.257. The fourth-order valence-corrected chi connectivity index (χ4v) is 4.53. The van der Waals surface area contributed by atoms with Crippen molar-refractivity contribution in [3.63, 3.8) is 0 Å². The lowest BCUT2D eigenvalue weighted by Gasteiger charge is -2.17. The van der Waals surface area contributed by atoms with Crippen molar-refractivity contribution >= 4 is 23.1 Å². The van der Waals surface area contributed by atoms with Crippen LogP contribution in [0.25, 0.3) is 11.4 Å². The van der Waals surface area contributed by atoms with E-state index >= 15 is 0 Å². The van der Waals surface area contributed by atoms with Crippen LogP contribution in [0.2, 0.25) is 5.15 Å². The number of anilines is 2. The molecule has 0 amide bonds. The Bertz CT molecular complexity index is 1530. The van der Waals surface area contributed by atoms with E-state index in [1.165, 1.54) is 18.5 Å². The second-order valence-corrected chi connectivity index (χ2v) is 9.87. The summed E-state index contributed by atoms with van der Waals surface area (Å²) in [6, 6.07) is 3.44. The number of halogens is 1. The molecule has 0 aliphatic heterocycles. The number of nitrogens with zero attached hydrogens (tertiary/aromatic N) is 7. The molecule has 4 aromatic rings. The zero-order valence-electron chi connectivity index (χ0n) is 21.9. The highest BCUT2D eigenvalue weighted by Crippen LogP contribution is 2.41. The van der Waals surface area contributed by atoms with E-state index in [0.717, 1.165) is 28.1 Å². The Kier molecular flexibility index (Phi) is 7.20. The lowest BCUT2D eigenvalue weighted by Crippen LogP contribution is -2.19. The molecule has 0 radical (unpaired) electrons. The average Bonchev–Trinajstić information content (AvgIpc) is 3.58. The van der Waals surface area contributed by atoms with Crippen LogP contribution in [0.4, 0.5) is 11.5 Å². The number of hydrogen-bond donors (Lipinski definition) is 2. The van der Waals surface area contributed by atoms with Gasteiger partial charge < -0.3 is 15.8 Å². The zero-order valence-corrected chi connectivity index (χ0v) is 22.6. The van der Waals surface area contributed by atoms with Crippen molar-refractivity contribution in [2.45, 2.75) is 45.1 Å². The molecule has 0 saturated heterocycles. The van der Waals surface area contributed by atoms with Crippen LogP contribution < -0.4 is 15.8 Å². The number of aryl methyl sites for hydroxylation is 3. The largest absolute Gasteiger partial charge is 0.474 e. The summed E-state index contributed by atoms with van der Waals surface area (Å²) in [5.74, 6) is 8.58. The van der Waals surface area contributed by atoms with Crippen molar-refractivity contribution in [1.82, 2.24) is 34.5 Å². The Morgan fingerprint density at radius 2 is 1.97 bits per heavy atom. The van der Waals surface area contributed by atoms with E-state index in [4.69, 9.17) is 22.1 Å². The van der Waals surface area contributed by atoms with Crippen LogP contribution in [0.1, 0.15) is 54.6 Å². The average molecular weight is 532 g/mol. The lowest BCUT2D eigenvalue weighted by atomic mass is 10.1. The molecule has 0 unspecified atom stereocenters. The van der Waals surface area contributed by atoms with E-state index in [1.54, 1.807) is 29.2 Å². The summed E-state index contributed by atoms with van der Waals surface area (Å²) >= 11 is 6.20. The highest BCUT2D eigenvalue weighted by molar-refractivity contribution is 6.29. The Morgan fingerprint density at radius 1 is 1.18 bits per heavy atom. The Labute approximate surface area is 226 Å². The molecule has 10 nitrogen and oxygen atoms in total. The fraction of sp³-hybridized carbons (Fsp3) is 0.370. The molecule has 1 fully saturated rings. The van der Waals surface area contributed by atoms with Crippen LogP contribution >= 0.6 is 11.6 Å². The van der Waals surface area contributed by atoms with Gasteiger partial charge in [0.05, 0.1) is 40.5 Å². The van der Waals surface area contributed by atoms with Gasteiger partial charge in [-0.3, -0.25) is 4.68 Å². The van der Waals surface area contributed by atoms with Crippen LogP contribution in [0, 0.1) is 18.8 Å². The van der Waals surface area contributed by atoms with E-state index in [2.05, 4.69) is 42.3 Å². The predicted octanol–water partition coefficient (Wildman–Crippen LogP) is 4.10. The summed E-state index contributed by atoms with van der Waals surface area (Å²) < 4.78 is 9.92. The summed E-state index contributed by atoms with van der Waals surface area (Å²) in [5.41, 5.74) is 11.1. The van der Waals surface area contributed by atoms with Gasteiger partial charge in [0.25, 0.3) is 0 Å². The number of hydrogen-bond acceptors (Lipinski definition) is 8. The van der Waals surface area contributed by atoms with E-state index in [-0.39, 0.29) is 6.10 Å². The standard InChI is InChI=1S/C27H30ClN9O/c1-16(38-27-24(17(2)35-37(27)4)26-31-12-10-23(29)34-26)9-11-30-21-13-22(28)32-14-19(21)7-8-20-15-33-36(3)25(20)18-5-6-18/h10,12-16,18H,5-6,9,11H2,1-4H3,(H,30,32)(H2,29,31,34)/t16-/m0/s1. The first-order valence-electron chi connectivity index (χ1n) is 12.5. The fourth-order valence-electron chi connectivity index (χ4n) is 4.38. The smallest absolute Gasteiger partial charge is 0.223 e. The highest BCUT2D eigenvalue weighted by Gasteiger charge is 2.29. The van der Waals surface area contributed by atoms with E-state index in [1.807, 2.05) is 38.8 Å². The third kappa shape index (κ3) is 5.58. The lowest BCUT2D eigenvalue weighted by molar-refractivity contribution is 0.198. The van der Waals surface area contributed by atoms with Gasteiger partial charge in [-0.2, -0.15) is 10.2 Å². The van der Waals surface area contributed by atoms with E-state index in [9.17, 15) is 0 Å². The van der Waals surface area contributed by atoms with Crippen molar-refractivity contribution < 1.29 is 4.74 Å². The molecule has 1 aliphatic carbocycles. The van der Waals surface area contributed by atoms with Crippen LogP contribution in [0.5, 0.6) is 5.88 Å². The van der Waals surface area contributed by atoms with Gasteiger partial charge in [-0.05, 0) is 38.8 Å². The maximum absolute atomic E-state index is 6.30. The van der Waals surface area contributed by atoms with Gasteiger partial charge >= 0.3 is 0 Å². The molecule has 0 bridgehead atoms. The maximum Gasteiger partial charge on any atom is 0.223 e. The minimum atomic E-state index is -0.125. The number of ether oxygens (including phenoxy) is 1. The SMILES string of the molecule is Cc1nn(C)c(O[C@@H](C)CCNc2cc(Cl)ncc2C#Cc2cnn(C)c2C2CC2)c1-c1nccc(N)n1. The third-order valence-electron chi connectivity index (χ3n) is 6.40. The first-order valence-corrected chi connectivity index (χ1v) is 12.9. The molecule has 1 atom stereocenters. The van der Waals surface area contributed by atoms with Gasteiger partial charge in [0.1, 0.15) is 16.5 Å². The summed E-state index contributed by atoms with van der Waals surface area (Å²) in [6.07, 6.45) is 8.12. The summed E-state index contributed by atoms with van der Waals surface area (Å²) in [4.78, 5) is 12.9. The molecule has 3 N–H and O–H groups in total. The minimum absolute atomic E-state index is 0.125. The summed E-state index contributed by atoms with van der Waals surface area (Å²) in [5, 5.41) is 12.7. The van der Waals surface area contributed by atoms with Crippen LogP contribution in [0.15, 0.2) is 30.7 Å². The molecule has 1 saturated carbocycles. The first-order chi connectivity index (χ1) is 18.3. The number of pyridine rings is 1. The molecule has 4 heterocycles. The second-order valence-electron chi connectivity index (χ2n) is 9.48. The van der Waals surface area contributed by atoms with Gasteiger partial charge in [0.2, 0.25) is 5.88 Å². The van der Waals surface area contributed by atoms with Crippen molar-refractivity contribution in [3.8, 4) is 29.1 Å². The van der Waals surface area contributed by atoms with Gasteiger partial charge in [-0.25, -0.2) is 19.6 Å². The number of nitrogens with two attached hydrogens (primary N) is 1. The molecular formula is C27H30ClN9O. The van der Waals surface area contributed by atoms with Gasteiger partial charge in [0, 0.05) is 45.4 Å². The first kappa shape index (κ1) is 25.5. The van der Waals surface area contributed by atoms with Crippen molar-refractivity contribution in [2.24, 2.45) is 14.1 Å². The predicted molar refractivity (Wildman–Crippen MR) is 147 cm³/mol. The molecule has 11 heteroatoms. The molecule has 1 aliphatic rings. The topological polar surface area (TPSA) is 122 Å². The van der Waals surface area contributed by atoms with Crippen molar-refractivity contribution in [1.29, 1.82) is 0 Å². The number of aromatic nitrogens is 7. The van der Waals surface area contributed by atoms with Crippen LogP contribution in [0.3, 0.4) is 0 Å². The normalized spacial score (nSPS) is 13.6. The van der Waals surface area contributed by atoms with Gasteiger partial charge in [-0.15, -0.1) is 0 Å². The molecule has 38 heavy (non-hydrogen) atoms. The molecular weight excluding hydrogens is 502 g/mol. The second kappa shape index (κ2) is 10.7. The Hall–Kier alpha value is -4.10. The van der Waals surface area contributed by atoms with Crippen molar-refractivity contribution in [3.05, 3.63) is 58.4 Å². The number of nitrogens with one attached hydrogen (secondary N) is 1. The Balaban J connectivity index is 1.27. The molecule has 4 aromatic heterocycles. The molecule has 196 valence electrons. The monoisotopic (exact) mass is 531 g/mol. The van der Waals surface area contributed by atoms with Gasteiger partial charge in [-0.1, -0.05) is 23.4 Å². The van der Waals surface area contributed by atoms with E-state index < -0.39 is 0 Å². The van der Waals surface area contributed by atoms with Gasteiger partial charge in [0.15, 0.2) is 5.82 Å². The molecule has 0 aromatic carbocycles. The maximum atomic E-state index is 6.30. The number of rotatable bonds is 8. The Morgan fingerprint density at radius 3 is 2.74 bits per heavy atom. The molecule has 5 rings (SSSR count). The van der Waals surface area contributed by atoms with Crippen molar-refractivity contribution in [2.75, 3.05) is 17.6 Å². The van der Waals surface area contributed by atoms with Crippen LogP contribution in [-0.2, 0) is 14.1 Å². The van der Waals surface area contributed by atoms with E-state index in [0.29, 0.717) is 41.6 Å². The minimum Gasteiger partial charge on any atom is -0.474 e. The van der Waals surface area contributed by atoms with Crippen LogP contribution in [-0.4, -0.2) is 47.2 Å². The highest BCUT2D eigenvalue weighted by atomic mass is 35.5. The number of nitrogen functional groups attached to an aromatic ring is 1. The summed E-state index contributed by atoms with van der Waals surface area (Å²) in [7, 11) is 3.81. The summed E-state index contributed by atoms with van der Waals surface area (Å²) in [6.45, 7) is 4.54. The third-order valence-corrected chi connectivity index (χ3v) is 6.61. The molecule has 0 spiro atoms.